The molecule has 1 nitrogen and oxygen atoms in total. The van der Waals surface area contributed by atoms with E-state index >= 15 is 0 Å². The fourth-order valence-electron chi connectivity index (χ4n) is 1.53. The highest BCUT2D eigenvalue weighted by molar-refractivity contribution is 7.10. The first-order chi connectivity index (χ1) is 7.66. The van der Waals surface area contributed by atoms with Crippen molar-refractivity contribution < 1.29 is 0 Å². The van der Waals surface area contributed by atoms with E-state index in [0.717, 1.165) is 12.0 Å². The zero-order valence-corrected chi connectivity index (χ0v) is 10.8. The number of thiophene rings is 1. The highest BCUT2D eigenvalue weighted by atomic mass is 35.5. The zero-order chi connectivity index (χ0) is 11.5. The molecule has 2 aromatic rings. The van der Waals surface area contributed by atoms with Gasteiger partial charge in [0.2, 0.25) is 0 Å². The summed E-state index contributed by atoms with van der Waals surface area (Å²) in [4.78, 5) is 1.17. The Kier molecular flexibility index (Phi) is 3.87. The Labute approximate surface area is 109 Å². The van der Waals surface area contributed by atoms with Gasteiger partial charge in [0.15, 0.2) is 0 Å². The molecule has 0 saturated heterocycles. The monoisotopic (exact) mass is 271 g/mol. The van der Waals surface area contributed by atoms with Crippen molar-refractivity contribution in [2.75, 3.05) is 0 Å². The molecule has 0 fully saturated rings. The largest absolute Gasteiger partial charge is 0.323 e. The molecular formula is C12H11Cl2NS. The average molecular weight is 272 g/mol. The number of halogens is 2. The van der Waals surface area contributed by atoms with Gasteiger partial charge in [0.25, 0.3) is 0 Å². The van der Waals surface area contributed by atoms with Gasteiger partial charge in [0, 0.05) is 21.0 Å². The van der Waals surface area contributed by atoms with Gasteiger partial charge in [0.1, 0.15) is 0 Å². The molecule has 1 heterocycles. The first-order valence-electron chi connectivity index (χ1n) is 4.89. The summed E-state index contributed by atoms with van der Waals surface area (Å²) in [5, 5.41) is 3.36. The zero-order valence-electron chi connectivity index (χ0n) is 8.49. The third-order valence-corrected chi connectivity index (χ3v) is 3.95. The molecule has 1 aromatic heterocycles. The van der Waals surface area contributed by atoms with E-state index in [0.29, 0.717) is 10.0 Å². The van der Waals surface area contributed by atoms with Crippen molar-refractivity contribution in [3.63, 3.8) is 0 Å². The first-order valence-corrected chi connectivity index (χ1v) is 6.53. The third-order valence-electron chi connectivity index (χ3n) is 2.36. The number of hydrogen-bond acceptors (Lipinski definition) is 2. The molecule has 1 aromatic carbocycles. The van der Waals surface area contributed by atoms with E-state index in [2.05, 4.69) is 0 Å². The van der Waals surface area contributed by atoms with E-state index in [9.17, 15) is 0 Å². The van der Waals surface area contributed by atoms with Crippen molar-refractivity contribution in [1.82, 2.24) is 0 Å². The Balaban J connectivity index is 2.15. The van der Waals surface area contributed by atoms with Crippen LogP contribution in [-0.2, 0) is 6.42 Å². The highest BCUT2D eigenvalue weighted by Crippen LogP contribution is 2.26. The van der Waals surface area contributed by atoms with Crippen LogP contribution in [0.4, 0.5) is 0 Å². The number of benzene rings is 1. The topological polar surface area (TPSA) is 26.0 Å². The first kappa shape index (κ1) is 11.9. The molecule has 16 heavy (non-hydrogen) atoms. The smallest absolute Gasteiger partial charge is 0.0453 e. The fourth-order valence-corrected chi connectivity index (χ4v) is 2.74. The van der Waals surface area contributed by atoms with Gasteiger partial charge in [-0.1, -0.05) is 35.3 Å². The highest BCUT2D eigenvalue weighted by Gasteiger charge is 2.10. The van der Waals surface area contributed by atoms with E-state index in [1.54, 1.807) is 17.4 Å². The normalized spacial score (nSPS) is 12.7. The van der Waals surface area contributed by atoms with Crippen LogP contribution in [-0.4, -0.2) is 0 Å². The van der Waals surface area contributed by atoms with Crippen molar-refractivity contribution >= 4 is 34.5 Å². The molecule has 1 atom stereocenters. The van der Waals surface area contributed by atoms with Crippen LogP contribution in [0, 0.1) is 0 Å². The molecule has 2 rings (SSSR count). The van der Waals surface area contributed by atoms with Gasteiger partial charge in [-0.25, -0.2) is 0 Å². The number of rotatable bonds is 3. The van der Waals surface area contributed by atoms with Gasteiger partial charge in [-0.2, -0.15) is 0 Å². The number of hydrogen-bond donors (Lipinski definition) is 1. The molecule has 1 unspecified atom stereocenters. The Morgan fingerprint density at radius 3 is 2.69 bits per heavy atom. The Morgan fingerprint density at radius 2 is 2.06 bits per heavy atom. The van der Waals surface area contributed by atoms with Gasteiger partial charge < -0.3 is 5.73 Å². The molecule has 2 N–H and O–H groups in total. The van der Waals surface area contributed by atoms with E-state index in [1.807, 2.05) is 29.6 Å². The van der Waals surface area contributed by atoms with Gasteiger partial charge in [0.05, 0.1) is 0 Å². The molecule has 0 aliphatic heterocycles. The summed E-state index contributed by atoms with van der Waals surface area (Å²) in [5.74, 6) is 0. The molecule has 0 amide bonds. The Bertz CT molecular complexity index is 468. The maximum absolute atomic E-state index is 6.10. The van der Waals surface area contributed by atoms with Gasteiger partial charge in [-0.15, -0.1) is 11.3 Å². The molecule has 0 radical (unpaired) electrons. The van der Waals surface area contributed by atoms with Gasteiger partial charge in [-0.3, -0.25) is 0 Å². The maximum Gasteiger partial charge on any atom is 0.0453 e. The van der Waals surface area contributed by atoms with Crippen LogP contribution in [0.5, 0.6) is 0 Å². The average Bonchev–Trinajstić information content (AvgIpc) is 2.75. The van der Waals surface area contributed by atoms with Crippen LogP contribution < -0.4 is 5.73 Å². The van der Waals surface area contributed by atoms with Crippen molar-refractivity contribution in [1.29, 1.82) is 0 Å². The van der Waals surface area contributed by atoms with Crippen molar-refractivity contribution in [3.05, 3.63) is 56.2 Å². The summed E-state index contributed by atoms with van der Waals surface area (Å²) in [7, 11) is 0. The lowest BCUT2D eigenvalue weighted by Gasteiger charge is -2.11. The van der Waals surface area contributed by atoms with E-state index in [1.165, 1.54) is 4.88 Å². The lowest BCUT2D eigenvalue weighted by molar-refractivity contribution is 0.737. The molecule has 4 heteroatoms. The molecule has 0 aliphatic carbocycles. The van der Waals surface area contributed by atoms with Crippen LogP contribution in [0.2, 0.25) is 10.0 Å². The summed E-state index contributed by atoms with van der Waals surface area (Å²) in [6.07, 6.45) is 0.733. The summed E-state index contributed by atoms with van der Waals surface area (Å²) in [5.41, 5.74) is 7.13. The van der Waals surface area contributed by atoms with E-state index < -0.39 is 0 Å². The predicted octanol–water partition coefficient (Wildman–Crippen LogP) is 4.30. The summed E-state index contributed by atoms with van der Waals surface area (Å²) < 4.78 is 0. The Hall–Kier alpha value is -0.540. The maximum atomic E-state index is 6.10. The summed E-state index contributed by atoms with van der Waals surface area (Å²) in [6, 6.07) is 9.56. The second-order valence-electron chi connectivity index (χ2n) is 3.56. The fraction of sp³-hybridized carbons (Fsp3) is 0.167. The lowest BCUT2D eigenvalue weighted by atomic mass is 10.1. The van der Waals surface area contributed by atoms with E-state index in [4.69, 9.17) is 28.9 Å². The van der Waals surface area contributed by atoms with Crippen molar-refractivity contribution in [2.24, 2.45) is 5.73 Å². The lowest BCUT2D eigenvalue weighted by Crippen LogP contribution is -2.11. The van der Waals surface area contributed by atoms with Crippen LogP contribution in [0.1, 0.15) is 16.5 Å². The predicted molar refractivity (Wildman–Crippen MR) is 71.4 cm³/mol. The van der Waals surface area contributed by atoms with Crippen LogP contribution >= 0.6 is 34.5 Å². The third kappa shape index (κ3) is 2.77. The van der Waals surface area contributed by atoms with Crippen LogP contribution in [0.3, 0.4) is 0 Å². The quantitative estimate of drug-likeness (QED) is 0.885. The second kappa shape index (κ2) is 5.19. The molecule has 84 valence electrons. The second-order valence-corrected chi connectivity index (χ2v) is 5.38. The number of nitrogens with two attached hydrogens (primary N) is 1. The molecule has 0 bridgehead atoms. The van der Waals surface area contributed by atoms with Crippen molar-refractivity contribution in [3.8, 4) is 0 Å². The van der Waals surface area contributed by atoms with Gasteiger partial charge in [-0.05, 0) is 35.6 Å². The minimum Gasteiger partial charge on any atom is -0.323 e. The molecular weight excluding hydrogens is 261 g/mol. The standard InChI is InChI=1S/C12H11Cl2NS/c13-9-4-3-8(10(14)7-9)6-11(15)12-2-1-5-16-12/h1-5,7,11H,6,15H2. The minimum atomic E-state index is -0.00123. The summed E-state index contributed by atoms with van der Waals surface area (Å²) >= 11 is 13.6. The summed E-state index contributed by atoms with van der Waals surface area (Å²) in [6.45, 7) is 0. The molecule has 0 saturated carbocycles. The van der Waals surface area contributed by atoms with Crippen molar-refractivity contribution in [2.45, 2.75) is 12.5 Å². The van der Waals surface area contributed by atoms with Gasteiger partial charge >= 0.3 is 0 Å². The molecule has 0 aliphatic rings. The SMILES string of the molecule is NC(Cc1ccc(Cl)cc1Cl)c1cccs1. The Morgan fingerprint density at radius 1 is 1.25 bits per heavy atom. The van der Waals surface area contributed by atoms with Crippen LogP contribution in [0.15, 0.2) is 35.7 Å². The minimum absolute atomic E-state index is 0.00123. The molecule has 0 spiro atoms. The van der Waals surface area contributed by atoms with E-state index in [-0.39, 0.29) is 6.04 Å². The van der Waals surface area contributed by atoms with Crippen LogP contribution in [0.25, 0.3) is 0 Å².